The van der Waals surface area contributed by atoms with Crippen LogP contribution in [0.5, 0.6) is 0 Å². The van der Waals surface area contributed by atoms with Crippen molar-refractivity contribution in [3.8, 4) is 0 Å². The molecule has 1 unspecified atom stereocenters. The molecule has 0 radical (unpaired) electrons. The lowest BCUT2D eigenvalue weighted by molar-refractivity contribution is 0.480. The monoisotopic (exact) mass is 317 g/mol. The molecule has 0 saturated heterocycles. The maximum Gasteiger partial charge on any atom is 0.0999 e. The molecule has 1 aromatic rings. The van der Waals surface area contributed by atoms with Crippen LogP contribution >= 0.6 is 23.5 Å². The number of aliphatic imine (C=N–C) groups is 1. The third-order valence-corrected chi connectivity index (χ3v) is 7.36. The predicted molar refractivity (Wildman–Crippen MR) is 99.5 cm³/mol. The predicted octanol–water partition coefficient (Wildman–Crippen LogP) is 5.54. The van der Waals surface area contributed by atoms with Crippen molar-refractivity contribution in [3.05, 3.63) is 61.2 Å². The first kappa shape index (κ1) is 16.4. The maximum absolute atomic E-state index is 5.03. The van der Waals surface area contributed by atoms with Crippen LogP contribution in [0, 0.1) is 0 Å². The molecule has 1 nitrogen and oxygen atoms in total. The third-order valence-electron chi connectivity index (χ3n) is 3.67. The second-order valence-corrected chi connectivity index (χ2v) is 8.56. The van der Waals surface area contributed by atoms with Crippen LogP contribution in [-0.2, 0) is 0 Å². The third kappa shape index (κ3) is 3.46. The molecule has 0 N–H and O–H groups in total. The van der Waals surface area contributed by atoms with E-state index in [9.17, 15) is 0 Å². The highest BCUT2D eigenvalue weighted by atomic mass is 32.2. The van der Waals surface area contributed by atoms with Gasteiger partial charge in [0.2, 0.25) is 0 Å². The van der Waals surface area contributed by atoms with Crippen LogP contribution in [0.2, 0.25) is 0 Å². The topological polar surface area (TPSA) is 12.4 Å². The molecule has 0 bridgehead atoms. The van der Waals surface area contributed by atoms with Crippen molar-refractivity contribution in [2.75, 3.05) is 5.75 Å². The highest BCUT2D eigenvalue weighted by molar-refractivity contribution is 8.26. The molecule has 112 valence electrons. The fraction of sp³-hybridized carbons (Fsp3) is 0.389. The molecule has 0 saturated carbocycles. The molecule has 1 atom stereocenters. The fourth-order valence-electron chi connectivity index (χ4n) is 2.40. The van der Waals surface area contributed by atoms with E-state index >= 15 is 0 Å². The summed E-state index contributed by atoms with van der Waals surface area (Å²) in [6.45, 7) is 12.3. The SMILES string of the molecule is C=CCCSC1(CC=C)SC(c2ccccc2)=NC1(C)C. The van der Waals surface area contributed by atoms with E-state index in [0.717, 1.165) is 23.6 Å². The van der Waals surface area contributed by atoms with Gasteiger partial charge in [0.15, 0.2) is 0 Å². The number of benzene rings is 1. The second-order valence-electron chi connectivity index (χ2n) is 5.62. The number of rotatable bonds is 7. The molecule has 1 aliphatic rings. The van der Waals surface area contributed by atoms with Gasteiger partial charge in [-0.1, -0.05) is 54.2 Å². The van der Waals surface area contributed by atoms with E-state index in [1.807, 2.05) is 41.7 Å². The van der Waals surface area contributed by atoms with Gasteiger partial charge in [-0.25, -0.2) is 0 Å². The Hall–Kier alpha value is -0.930. The summed E-state index contributed by atoms with van der Waals surface area (Å²) in [7, 11) is 0. The summed E-state index contributed by atoms with van der Waals surface area (Å²) in [5.41, 5.74) is 1.11. The Kier molecular flexibility index (Phi) is 5.39. The van der Waals surface area contributed by atoms with Crippen LogP contribution in [0.15, 0.2) is 60.6 Å². The molecule has 0 aliphatic carbocycles. The van der Waals surface area contributed by atoms with Crippen molar-refractivity contribution in [1.29, 1.82) is 0 Å². The Labute approximate surface area is 137 Å². The van der Waals surface area contributed by atoms with E-state index < -0.39 is 0 Å². The van der Waals surface area contributed by atoms with E-state index in [1.54, 1.807) is 0 Å². The minimum absolute atomic E-state index is 0.0307. The highest BCUT2D eigenvalue weighted by Gasteiger charge is 2.50. The summed E-state index contributed by atoms with van der Waals surface area (Å²) in [6.07, 6.45) is 5.99. The van der Waals surface area contributed by atoms with Crippen LogP contribution in [0.4, 0.5) is 0 Å². The first-order chi connectivity index (χ1) is 10.0. The number of hydrogen-bond acceptors (Lipinski definition) is 3. The summed E-state index contributed by atoms with van der Waals surface area (Å²) in [4.78, 5) is 5.03. The zero-order valence-corrected chi connectivity index (χ0v) is 14.5. The molecule has 2 rings (SSSR count). The van der Waals surface area contributed by atoms with Gasteiger partial charge in [0.1, 0.15) is 0 Å². The van der Waals surface area contributed by atoms with Crippen molar-refractivity contribution < 1.29 is 0 Å². The van der Waals surface area contributed by atoms with E-state index in [1.165, 1.54) is 5.56 Å². The second kappa shape index (κ2) is 6.89. The van der Waals surface area contributed by atoms with Gasteiger partial charge in [-0.05, 0) is 32.4 Å². The van der Waals surface area contributed by atoms with Crippen molar-refractivity contribution in [3.63, 3.8) is 0 Å². The first-order valence-electron chi connectivity index (χ1n) is 7.25. The lowest BCUT2D eigenvalue weighted by Crippen LogP contribution is -2.40. The summed E-state index contributed by atoms with van der Waals surface area (Å²) in [6, 6.07) is 10.5. The van der Waals surface area contributed by atoms with Gasteiger partial charge in [0, 0.05) is 5.56 Å². The summed E-state index contributed by atoms with van der Waals surface area (Å²) < 4.78 is 0.0307. The molecule has 21 heavy (non-hydrogen) atoms. The van der Waals surface area contributed by atoms with Crippen LogP contribution in [0.3, 0.4) is 0 Å². The Morgan fingerprint density at radius 1 is 1.19 bits per heavy atom. The average molecular weight is 318 g/mol. The molecule has 3 heteroatoms. The molecule has 0 fully saturated rings. The summed E-state index contributed by atoms with van der Waals surface area (Å²) in [5, 5.41) is 1.15. The van der Waals surface area contributed by atoms with E-state index in [-0.39, 0.29) is 9.62 Å². The summed E-state index contributed by atoms with van der Waals surface area (Å²) in [5.74, 6) is 1.07. The zero-order valence-electron chi connectivity index (χ0n) is 12.8. The minimum atomic E-state index is -0.108. The Balaban J connectivity index is 2.27. The van der Waals surface area contributed by atoms with Gasteiger partial charge in [-0.15, -0.1) is 24.9 Å². The van der Waals surface area contributed by atoms with E-state index in [0.29, 0.717) is 0 Å². The molecular formula is C18H23NS2. The van der Waals surface area contributed by atoms with Gasteiger partial charge in [0.25, 0.3) is 0 Å². The normalized spacial score (nSPS) is 23.6. The average Bonchev–Trinajstić information content (AvgIpc) is 2.72. The quantitative estimate of drug-likeness (QED) is 0.483. The number of thioether (sulfide) groups is 2. The fourth-order valence-corrected chi connectivity index (χ4v) is 5.71. The summed E-state index contributed by atoms with van der Waals surface area (Å²) >= 11 is 3.89. The van der Waals surface area contributed by atoms with Crippen molar-refractivity contribution >= 4 is 28.6 Å². The number of nitrogens with zero attached hydrogens (tertiary/aromatic N) is 1. The zero-order chi connectivity index (χ0) is 15.3. The molecule has 0 amide bonds. The largest absolute Gasteiger partial charge is 0.269 e. The Morgan fingerprint density at radius 2 is 1.90 bits per heavy atom. The van der Waals surface area contributed by atoms with Gasteiger partial charge >= 0.3 is 0 Å². The van der Waals surface area contributed by atoms with Gasteiger partial charge in [-0.2, -0.15) is 0 Å². The standard InChI is InChI=1S/C18H23NS2/c1-5-7-14-20-18(13-6-2)17(3,4)19-16(21-18)15-11-9-8-10-12-15/h5-6,8-12H,1-2,7,13-14H2,3-4H3. The molecule has 0 aromatic heterocycles. The van der Waals surface area contributed by atoms with Gasteiger partial charge in [-0.3, -0.25) is 4.99 Å². The molecular weight excluding hydrogens is 294 g/mol. The highest BCUT2D eigenvalue weighted by Crippen LogP contribution is 2.56. The minimum Gasteiger partial charge on any atom is -0.269 e. The van der Waals surface area contributed by atoms with Crippen molar-refractivity contribution in [2.24, 2.45) is 4.99 Å². The molecule has 1 heterocycles. The number of hydrogen-bond donors (Lipinski definition) is 0. The van der Waals surface area contributed by atoms with E-state index in [4.69, 9.17) is 4.99 Å². The maximum atomic E-state index is 5.03. The van der Waals surface area contributed by atoms with Gasteiger partial charge in [0.05, 0.1) is 14.7 Å². The molecule has 1 aromatic carbocycles. The van der Waals surface area contributed by atoms with Gasteiger partial charge < -0.3 is 0 Å². The van der Waals surface area contributed by atoms with Crippen LogP contribution < -0.4 is 0 Å². The lowest BCUT2D eigenvalue weighted by atomic mass is 9.98. The lowest BCUT2D eigenvalue weighted by Gasteiger charge is -2.37. The number of allylic oxidation sites excluding steroid dienone is 2. The van der Waals surface area contributed by atoms with Crippen molar-refractivity contribution in [2.45, 2.75) is 36.3 Å². The molecule has 0 spiro atoms. The van der Waals surface area contributed by atoms with Crippen LogP contribution in [0.1, 0.15) is 32.3 Å². The Bertz CT molecular complexity index is 533. The van der Waals surface area contributed by atoms with Crippen LogP contribution in [0.25, 0.3) is 0 Å². The smallest absolute Gasteiger partial charge is 0.0999 e. The van der Waals surface area contributed by atoms with Crippen molar-refractivity contribution in [1.82, 2.24) is 0 Å². The first-order valence-corrected chi connectivity index (χ1v) is 9.05. The Morgan fingerprint density at radius 3 is 2.52 bits per heavy atom. The van der Waals surface area contributed by atoms with E-state index in [2.05, 4.69) is 51.3 Å². The van der Waals surface area contributed by atoms with Crippen LogP contribution in [-0.4, -0.2) is 20.4 Å². The molecule has 1 aliphatic heterocycles.